The molecule has 0 amide bonds. The van der Waals surface area contributed by atoms with E-state index in [2.05, 4.69) is 4.72 Å². The van der Waals surface area contributed by atoms with E-state index in [9.17, 15) is 18.5 Å². The van der Waals surface area contributed by atoms with Crippen molar-refractivity contribution in [2.24, 2.45) is 5.92 Å². The molecule has 0 saturated carbocycles. The van der Waals surface area contributed by atoms with Crippen LogP contribution in [0.5, 0.6) is 0 Å². The van der Waals surface area contributed by atoms with E-state index in [1.54, 1.807) is 13.0 Å². The number of hydrogen-bond acceptors (Lipinski definition) is 4. The van der Waals surface area contributed by atoms with E-state index in [1.807, 2.05) is 6.07 Å². The third-order valence-corrected chi connectivity index (χ3v) is 4.90. The molecule has 104 valence electrons. The smallest absolute Gasteiger partial charge is 0.258 e. The van der Waals surface area contributed by atoms with Gasteiger partial charge in [-0.05, 0) is 24.3 Å². The van der Waals surface area contributed by atoms with E-state index in [4.69, 9.17) is 0 Å². The average Bonchev–Trinajstić information content (AvgIpc) is 2.68. The molecule has 1 aromatic carbocycles. The highest BCUT2D eigenvalue weighted by molar-refractivity contribution is 7.89. The summed E-state index contributed by atoms with van der Waals surface area (Å²) < 4.78 is 25.9. The second-order valence-corrected chi connectivity index (χ2v) is 6.58. The second kappa shape index (κ2) is 5.26. The number of sulfonamides is 1. The molecule has 1 aromatic rings. The van der Waals surface area contributed by atoms with Crippen molar-refractivity contribution in [1.82, 2.24) is 4.72 Å². The van der Waals surface area contributed by atoms with E-state index >= 15 is 0 Å². The monoisotopic (exact) mass is 284 g/mol. The van der Waals surface area contributed by atoms with Crippen LogP contribution >= 0.6 is 0 Å². The van der Waals surface area contributed by atoms with Crippen LogP contribution in [0.25, 0.3) is 0 Å². The zero-order valence-electron chi connectivity index (χ0n) is 10.6. The Hall–Kier alpha value is -1.47. The molecule has 1 atom stereocenters. The lowest BCUT2D eigenvalue weighted by Crippen LogP contribution is -2.29. The van der Waals surface area contributed by atoms with Gasteiger partial charge in [0.1, 0.15) is 0 Å². The van der Waals surface area contributed by atoms with Crippen LogP contribution in [0.2, 0.25) is 0 Å². The van der Waals surface area contributed by atoms with Crippen molar-refractivity contribution in [1.29, 1.82) is 0 Å². The Balaban J connectivity index is 2.17. The van der Waals surface area contributed by atoms with Crippen molar-refractivity contribution in [3.63, 3.8) is 0 Å². The van der Waals surface area contributed by atoms with Gasteiger partial charge in [0.05, 0.1) is 10.7 Å². The fraction of sp³-hybridized carbons (Fsp3) is 0.500. The molecule has 0 aliphatic heterocycles. The van der Waals surface area contributed by atoms with Crippen molar-refractivity contribution in [2.75, 3.05) is 12.3 Å². The topological polar surface area (TPSA) is 89.3 Å². The Labute approximate surface area is 112 Å². The van der Waals surface area contributed by atoms with Crippen LogP contribution in [0.1, 0.15) is 18.1 Å². The Morgan fingerprint density at radius 3 is 2.79 bits per heavy atom. The quantitative estimate of drug-likeness (QED) is 0.651. The van der Waals surface area contributed by atoms with E-state index in [-0.39, 0.29) is 17.4 Å². The molecule has 1 aliphatic carbocycles. The summed E-state index contributed by atoms with van der Waals surface area (Å²) in [6.45, 7) is 2.09. The normalized spacial score (nSPS) is 18.3. The van der Waals surface area contributed by atoms with Gasteiger partial charge in [-0.15, -0.1) is 0 Å². The third-order valence-electron chi connectivity index (χ3n) is 3.27. The first kappa shape index (κ1) is 14.0. The Morgan fingerprint density at radius 2 is 2.16 bits per heavy atom. The number of benzene rings is 1. The first-order valence-corrected chi connectivity index (χ1v) is 7.80. The zero-order valence-corrected chi connectivity index (χ0v) is 11.4. The Kier molecular flexibility index (Phi) is 3.86. The summed E-state index contributed by atoms with van der Waals surface area (Å²) in [5.74, 6) is -0.0627. The van der Waals surface area contributed by atoms with Gasteiger partial charge >= 0.3 is 0 Å². The number of fused-ring (bicyclic) bond motifs is 1. The summed E-state index contributed by atoms with van der Waals surface area (Å²) in [7, 11) is -3.29. The van der Waals surface area contributed by atoms with Gasteiger partial charge in [0.15, 0.2) is 0 Å². The second-order valence-electron chi connectivity index (χ2n) is 4.73. The largest absolute Gasteiger partial charge is 0.272 e. The van der Waals surface area contributed by atoms with Gasteiger partial charge in [0, 0.05) is 18.2 Å². The van der Waals surface area contributed by atoms with Gasteiger partial charge < -0.3 is 0 Å². The fourth-order valence-corrected chi connectivity index (χ4v) is 4.01. The molecule has 0 heterocycles. The van der Waals surface area contributed by atoms with Gasteiger partial charge in [-0.3, -0.25) is 10.1 Å². The van der Waals surface area contributed by atoms with Crippen LogP contribution < -0.4 is 4.72 Å². The average molecular weight is 284 g/mol. The summed E-state index contributed by atoms with van der Waals surface area (Å²) in [5, 5.41) is 10.9. The molecule has 2 rings (SSSR count). The van der Waals surface area contributed by atoms with Crippen LogP contribution in [-0.2, 0) is 22.9 Å². The minimum atomic E-state index is -3.29. The number of nitro groups is 1. The standard InChI is InChI=1S/C12H16N2O4S/c1-2-13-19(17,18)8-9-6-10-4-3-5-12(14(15)16)11(10)7-9/h3-5,9,13H,2,6-8H2,1H3. The maximum Gasteiger partial charge on any atom is 0.272 e. The molecule has 0 bridgehead atoms. The van der Waals surface area contributed by atoms with E-state index in [0.29, 0.717) is 24.9 Å². The molecule has 0 fully saturated rings. The molecule has 0 radical (unpaired) electrons. The molecule has 0 aromatic heterocycles. The number of nitrogens with zero attached hydrogens (tertiary/aromatic N) is 1. The SMILES string of the molecule is CCNS(=O)(=O)CC1Cc2cccc([N+](=O)[O-])c2C1. The van der Waals surface area contributed by atoms with Gasteiger partial charge in [-0.2, -0.15) is 0 Å². The maximum absolute atomic E-state index is 11.7. The molecule has 7 heteroatoms. The number of nitrogens with one attached hydrogen (secondary N) is 1. The highest BCUT2D eigenvalue weighted by Gasteiger charge is 2.30. The van der Waals surface area contributed by atoms with Crippen LogP contribution in [0.3, 0.4) is 0 Å². The minimum Gasteiger partial charge on any atom is -0.258 e. The molecule has 1 N–H and O–H groups in total. The fourth-order valence-electron chi connectivity index (χ4n) is 2.60. The lowest BCUT2D eigenvalue weighted by molar-refractivity contribution is -0.385. The van der Waals surface area contributed by atoms with Crippen LogP contribution in [0.15, 0.2) is 18.2 Å². The van der Waals surface area contributed by atoms with Crippen molar-refractivity contribution < 1.29 is 13.3 Å². The first-order valence-electron chi connectivity index (χ1n) is 6.15. The van der Waals surface area contributed by atoms with Crippen molar-refractivity contribution in [2.45, 2.75) is 19.8 Å². The molecule has 0 saturated heterocycles. The maximum atomic E-state index is 11.7. The lowest BCUT2D eigenvalue weighted by Gasteiger charge is -2.09. The molecular formula is C12H16N2O4S. The molecule has 0 spiro atoms. The summed E-state index contributed by atoms with van der Waals surface area (Å²) in [5.41, 5.74) is 1.68. The van der Waals surface area contributed by atoms with Crippen LogP contribution in [-0.4, -0.2) is 25.6 Å². The number of rotatable bonds is 5. The van der Waals surface area contributed by atoms with Gasteiger partial charge in [0.2, 0.25) is 10.0 Å². The minimum absolute atomic E-state index is 0.0205. The van der Waals surface area contributed by atoms with Gasteiger partial charge in [-0.1, -0.05) is 19.1 Å². The van der Waals surface area contributed by atoms with Crippen LogP contribution in [0.4, 0.5) is 5.69 Å². The Bertz CT molecular complexity index is 598. The van der Waals surface area contributed by atoms with Crippen molar-refractivity contribution in [3.05, 3.63) is 39.4 Å². The van der Waals surface area contributed by atoms with Crippen molar-refractivity contribution in [3.8, 4) is 0 Å². The van der Waals surface area contributed by atoms with Gasteiger partial charge in [-0.25, -0.2) is 13.1 Å². The van der Waals surface area contributed by atoms with Crippen molar-refractivity contribution >= 4 is 15.7 Å². The molecule has 1 unspecified atom stereocenters. The predicted octanol–water partition coefficient (Wildman–Crippen LogP) is 1.25. The lowest BCUT2D eigenvalue weighted by atomic mass is 10.1. The highest BCUT2D eigenvalue weighted by Crippen LogP contribution is 2.33. The number of nitro benzene ring substituents is 1. The first-order chi connectivity index (χ1) is 8.93. The molecule has 19 heavy (non-hydrogen) atoms. The van der Waals surface area contributed by atoms with E-state index < -0.39 is 14.9 Å². The van der Waals surface area contributed by atoms with E-state index in [1.165, 1.54) is 6.07 Å². The van der Waals surface area contributed by atoms with E-state index in [0.717, 1.165) is 5.56 Å². The number of hydrogen-bond donors (Lipinski definition) is 1. The summed E-state index contributed by atoms with van der Waals surface area (Å²) in [6.07, 6.45) is 1.04. The Morgan fingerprint density at radius 1 is 1.42 bits per heavy atom. The molecular weight excluding hydrogens is 268 g/mol. The van der Waals surface area contributed by atoms with Crippen LogP contribution in [0, 0.1) is 16.0 Å². The summed E-state index contributed by atoms with van der Waals surface area (Å²) in [6, 6.07) is 4.96. The zero-order chi connectivity index (χ0) is 14.0. The summed E-state index contributed by atoms with van der Waals surface area (Å²) >= 11 is 0. The molecule has 6 nitrogen and oxygen atoms in total. The highest BCUT2D eigenvalue weighted by atomic mass is 32.2. The van der Waals surface area contributed by atoms with Gasteiger partial charge in [0.25, 0.3) is 5.69 Å². The predicted molar refractivity (Wildman–Crippen MR) is 71.5 cm³/mol. The summed E-state index contributed by atoms with van der Waals surface area (Å²) in [4.78, 5) is 10.5. The third kappa shape index (κ3) is 3.10. The molecule has 1 aliphatic rings.